The predicted octanol–water partition coefficient (Wildman–Crippen LogP) is 2.21. The molecule has 3 heterocycles. The second-order valence-electron chi connectivity index (χ2n) is 6.14. The Morgan fingerprint density at radius 3 is 2.76 bits per heavy atom. The van der Waals surface area contributed by atoms with Gasteiger partial charge < -0.3 is 14.8 Å². The molecule has 0 spiro atoms. The van der Waals surface area contributed by atoms with Gasteiger partial charge in [0.05, 0.1) is 0 Å². The van der Waals surface area contributed by atoms with Crippen molar-refractivity contribution in [3.05, 3.63) is 23.8 Å². The van der Waals surface area contributed by atoms with Crippen LogP contribution in [-0.4, -0.2) is 43.3 Å². The summed E-state index contributed by atoms with van der Waals surface area (Å²) in [6.45, 7) is 4.70. The van der Waals surface area contributed by atoms with Gasteiger partial charge in [0.25, 0.3) is 0 Å². The highest BCUT2D eigenvalue weighted by atomic mass is 35.5. The molecular weight excluding hydrogens is 288 g/mol. The maximum atomic E-state index is 5.67. The van der Waals surface area contributed by atoms with Crippen LogP contribution in [0.3, 0.4) is 0 Å². The van der Waals surface area contributed by atoms with Crippen LogP contribution in [0.4, 0.5) is 0 Å². The summed E-state index contributed by atoms with van der Waals surface area (Å²) in [6, 6.07) is 7.81. The van der Waals surface area contributed by atoms with Gasteiger partial charge in [0, 0.05) is 31.7 Å². The minimum Gasteiger partial charge on any atom is -0.486 e. The summed E-state index contributed by atoms with van der Waals surface area (Å²) in [5, 5.41) is 3.73. The highest BCUT2D eigenvalue weighted by molar-refractivity contribution is 5.85. The molecular formula is C16H23ClN2O2. The summed E-state index contributed by atoms with van der Waals surface area (Å²) in [5.74, 6) is 1.79. The Hall–Kier alpha value is -0.970. The topological polar surface area (TPSA) is 33.7 Å². The van der Waals surface area contributed by atoms with Crippen molar-refractivity contribution in [2.45, 2.75) is 37.9 Å². The van der Waals surface area contributed by atoms with Gasteiger partial charge in [-0.15, -0.1) is 12.4 Å². The molecule has 3 aliphatic rings. The van der Waals surface area contributed by atoms with Crippen LogP contribution in [0.1, 0.15) is 24.8 Å². The monoisotopic (exact) mass is 310 g/mol. The smallest absolute Gasteiger partial charge is 0.161 e. The quantitative estimate of drug-likeness (QED) is 0.908. The Balaban J connectivity index is 0.00000132. The van der Waals surface area contributed by atoms with E-state index >= 15 is 0 Å². The molecule has 3 aliphatic heterocycles. The second-order valence-corrected chi connectivity index (χ2v) is 6.14. The number of nitrogens with zero attached hydrogens (tertiary/aromatic N) is 1. The third-order valence-electron chi connectivity index (χ3n) is 4.62. The van der Waals surface area contributed by atoms with Crippen LogP contribution in [0.2, 0.25) is 0 Å². The van der Waals surface area contributed by atoms with Crippen LogP contribution >= 0.6 is 12.4 Å². The van der Waals surface area contributed by atoms with E-state index in [1.54, 1.807) is 0 Å². The fraction of sp³-hybridized carbons (Fsp3) is 0.625. The molecule has 1 N–H and O–H groups in total. The maximum absolute atomic E-state index is 5.67. The van der Waals surface area contributed by atoms with E-state index in [4.69, 9.17) is 9.47 Å². The summed E-state index contributed by atoms with van der Waals surface area (Å²) in [4.78, 5) is 2.57. The minimum absolute atomic E-state index is 0. The van der Waals surface area contributed by atoms with Crippen molar-refractivity contribution in [3.8, 4) is 11.5 Å². The Bertz CT molecular complexity index is 497. The number of fused-ring (bicyclic) bond motifs is 3. The standard InChI is InChI=1S/C16H22N2O2.ClH/c1-4-15-16(20-8-7-19-15)9-12(1)10-18-6-5-13-2-3-14(11-18)17-13;/h1,4,9,13-14,17H,2-3,5-8,10-11H2;1H. The fourth-order valence-electron chi connectivity index (χ4n) is 3.60. The summed E-state index contributed by atoms with van der Waals surface area (Å²) >= 11 is 0. The first-order chi connectivity index (χ1) is 9.87. The lowest BCUT2D eigenvalue weighted by atomic mass is 10.1. The Kier molecular flexibility index (Phi) is 4.57. The number of benzene rings is 1. The third kappa shape index (κ3) is 3.28. The lowest BCUT2D eigenvalue weighted by Gasteiger charge is -2.25. The van der Waals surface area contributed by atoms with Crippen molar-refractivity contribution in [1.82, 2.24) is 10.2 Å². The summed E-state index contributed by atoms with van der Waals surface area (Å²) in [7, 11) is 0. The Morgan fingerprint density at radius 2 is 1.86 bits per heavy atom. The molecule has 2 atom stereocenters. The first-order valence-electron chi connectivity index (χ1n) is 7.74. The van der Waals surface area contributed by atoms with E-state index in [2.05, 4.69) is 22.3 Å². The van der Waals surface area contributed by atoms with E-state index in [0.717, 1.165) is 24.1 Å². The largest absolute Gasteiger partial charge is 0.486 e. The SMILES string of the molecule is Cl.c1cc2c(cc1CN1CCC3CCC(C1)N3)OCCO2. The van der Waals surface area contributed by atoms with Gasteiger partial charge >= 0.3 is 0 Å². The number of nitrogens with one attached hydrogen (secondary N) is 1. The van der Waals surface area contributed by atoms with Gasteiger partial charge in [-0.1, -0.05) is 6.07 Å². The van der Waals surface area contributed by atoms with Crippen LogP contribution in [0, 0.1) is 0 Å². The molecule has 1 aromatic carbocycles. The molecule has 2 bridgehead atoms. The van der Waals surface area contributed by atoms with Crippen LogP contribution in [0.5, 0.6) is 11.5 Å². The molecule has 5 heteroatoms. The molecule has 0 saturated carbocycles. The van der Waals surface area contributed by atoms with Crippen molar-refractivity contribution in [2.24, 2.45) is 0 Å². The zero-order valence-electron chi connectivity index (χ0n) is 12.2. The summed E-state index contributed by atoms with van der Waals surface area (Å²) < 4.78 is 11.3. The van der Waals surface area contributed by atoms with Gasteiger partial charge in [-0.2, -0.15) is 0 Å². The lowest BCUT2D eigenvalue weighted by Crippen LogP contribution is -2.34. The average molecular weight is 311 g/mol. The van der Waals surface area contributed by atoms with Gasteiger partial charge in [0.2, 0.25) is 0 Å². The van der Waals surface area contributed by atoms with Crippen molar-refractivity contribution < 1.29 is 9.47 Å². The number of hydrogen-bond donors (Lipinski definition) is 1. The van der Waals surface area contributed by atoms with Crippen molar-refractivity contribution in [1.29, 1.82) is 0 Å². The number of ether oxygens (including phenoxy) is 2. The molecule has 0 aliphatic carbocycles. The number of hydrogen-bond acceptors (Lipinski definition) is 4. The molecule has 2 unspecified atom stereocenters. The highest BCUT2D eigenvalue weighted by Gasteiger charge is 2.29. The van der Waals surface area contributed by atoms with E-state index in [-0.39, 0.29) is 12.4 Å². The van der Waals surface area contributed by atoms with Gasteiger partial charge in [-0.25, -0.2) is 0 Å². The van der Waals surface area contributed by atoms with Crippen LogP contribution in [0.25, 0.3) is 0 Å². The van der Waals surface area contributed by atoms with Crippen LogP contribution in [0.15, 0.2) is 18.2 Å². The molecule has 4 rings (SSSR count). The zero-order chi connectivity index (χ0) is 13.4. The first kappa shape index (κ1) is 14.9. The Labute approximate surface area is 132 Å². The number of rotatable bonds is 2. The first-order valence-corrected chi connectivity index (χ1v) is 7.74. The van der Waals surface area contributed by atoms with Gasteiger partial charge in [0.1, 0.15) is 13.2 Å². The molecule has 0 aromatic heterocycles. The van der Waals surface area contributed by atoms with Crippen molar-refractivity contribution >= 4 is 12.4 Å². The van der Waals surface area contributed by atoms with Gasteiger partial charge in [-0.05, 0) is 37.0 Å². The van der Waals surface area contributed by atoms with E-state index in [0.29, 0.717) is 19.3 Å². The molecule has 116 valence electrons. The Morgan fingerprint density at radius 1 is 1.05 bits per heavy atom. The van der Waals surface area contributed by atoms with E-state index in [9.17, 15) is 0 Å². The highest BCUT2D eigenvalue weighted by Crippen LogP contribution is 2.31. The van der Waals surface area contributed by atoms with E-state index in [1.807, 2.05) is 6.07 Å². The normalized spacial score (nSPS) is 27.8. The molecule has 21 heavy (non-hydrogen) atoms. The van der Waals surface area contributed by atoms with Crippen molar-refractivity contribution in [3.63, 3.8) is 0 Å². The average Bonchev–Trinajstić information content (AvgIpc) is 2.81. The number of likely N-dealkylation sites (tertiary alicyclic amines) is 1. The third-order valence-corrected chi connectivity index (χ3v) is 4.62. The van der Waals surface area contributed by atoms with Gasteiger partial charge in [-0.3, -0.25) is 4.90 Å². The molecule has 2 fully saturated rings. The van der Waals surface area contributed by atoms with Crippen LogP contribution < -0.4 is 14.8 Å². The molecule has 0 amide bonds. The second kappa shape index (κ2) is 6.42. The maximum Gasteiger partial charge on any atom is 0.161 e. The lowest BCUT2D eigenvalue weighted by molar-refractivity contribution is 0.171. The van der Waals surface area contributed by atoms with Crippen molar-refractivity contribution in [2.75, 3.05) is 26.3 Å². The fourth-order valence-corrected chi connectivity index (χ4v) is 3.60. The molecule has 1 aromatic rings. The van der Waals surface area contributed by atoms with E-state index < -0.39 is 0 Å². The predicted molar refractivity (Wildman–Crippen MR) is 84.5 cm³/mol. The minimum atomic E-state index is 0. The van der Waals surface area contributed by atoms with Crippen LogP contribution in [-0.2, 0) is 6.54 Å². The zero-order valence-corrected chi connectivity index (χ0v) is 13.0. The summed E-state index contributed by atoms with van der Waals surface area (Å²) in [6.07, 6.45) is 3.98. The van der Waals surface area contributed by atoms with Gasteiger partial charge in [0.15, 0.2) is 11.5 Å². The number of halogens is 1. The molecule has 2 saturated heterocycles. The van der Waals surface area contributed by atoms with E-state index in [1.165, 1.54) is 37.9 Å². The molecule has 4 nitrogen and oxygen atoms in total. The molecule has 0 radical (unpaired) electrons. The summed E-state index contributed by atoms with van der Waals surface area (Å²) in [5.41, 5.74) is 1.33.